The van der Waals surface area contributed by atoms with E-state index in [4.69, 9.17) is 10.5 Å². The van der Waals surface area contributed by atoms with E-state index in [0.717, 1.165) is 17.7 Å². The van der Waals surface area contributed by atoms with Gasteiger partial charge >= 0.3 is 0 Å². The summed E-state index contributed by atoms with van der Waals surface area (Å²) in [6.07, 6.45) is 3.94. The normalized spacial score (nSPS) is 11.4. The molecule has 0 unspecified atom stereocenters. The molecule has 1 amide bonds. The van der Waals surface area contributed by atoms with Gasteiger partial charge in [0.2, 0.25) is 5.91 Å². The predicted molar refractivity (Wildman–Crippen MR) is 124 cm³/mol. The van der Waals surface area contributed by atoms with E-state index in [1.165, 1.54) is 23.4 Å². The molecule has 0 aliphatic heterocycles. The van der Waals surface area contributed by atoms with Crippen LogP contribution in [-0.2, 0) is 11.3 Å². The first-order valence-electron chi connectivity index (χ1n) is 9.93. The van der Waals surface area contributed by atoms with E-state index in [1.807, 2.05) is 37.2 Å². The quantitative estimate of drug-likeness (QED) is 0.263. The van der Waals surface area contributed by atoms with Crippen molar-refractivity contribution in [3.63, 3.8) is 0 Å². The molecule has 2 rings (SSSR count). The van der Waals surface area contributed by atoms with Crippen LogP contribution < -0.4 is 10.5 Å². The highest BCUT2D eigenvalue weighted by molar-refractivity contribution is 5.90. The van der Waals surface area contributed by atoms with Gasteiger partial charge in [0.05, 0.1) is 12.0 Å². The fourth-order valence-electron chi connectivity index (χ4n) is 2.78. The van der Waals surface area contributed by atoms with Crippen LogP contribution in [0.2, 0.25) is 0 Å². The van der Waals surface area contributed by atoms with E-state index in [9.17, 15) is 13.6 Å². The van der Waals surface area contributed by atoms with Crippen molar-refractivity contribution in [1.82, 2.24) is 9.80 Å². The second-order valence-corrected chi connectivity index (χ2v) is 7.42. The Kier molecular flexibility index (Phi) is 9.09. The minimum atomic E-state index is -0.822. The summed E-state index contributed by atoms with van der Waals surface area (Å²) >= 11 is 0. The molecule has 0 bridgehead atoms. The lowest BCUT2D eigenvalue weighted by molar-refractivity contribution is -0.125. The molecule has 2 aromatic rings. The molecule has 170 valence electrons. The molecule has 0 aromatic heterocycles. The first-order valence-corrected chi connectivity index (χ1v) is 9.93. The molecule has 0 radical (unpaired) electrons. The van der Waals surface area contributed by atoms with Crippen molar-refractivity contribution in [1.29, 1.82) is 0 Å². The van der Waals surface area contributed by atoms with Crippen LogP contribution >= 0.6 is 0 Å². The highest BCUT2D eigenvalue weighted by Crippen LogP contribution is 2.27. The van der Waals surface area contributed by atoms with Gasteiger partial charge in [-0.2, -0.15) is 0 Å². The summed E-state index contributed by atoms with van der Waals surface area (Å²) in [5.74, 6) is -2.36. The summed E-state index contributed by atoms with van der Waals surface area (Å²) in [5, 5.41) is 0. The molecule has 2 N–H and O–H groups in total. The minimum Gasteiger partial charge on any atom is -0.486 e. The number of ether oxygens (including phenoxy) is 1. The van der Waals surface area contributed by atoms with E-state index in [0.29, 0.717) is 24.4 Å². The predicted octanol–water partition coefficient (Wildman–Crippen LogP) is 3.75. The number of halogens is 2. The Morgan fingerprint density at radius 2 is 1.84 bits per heavy atom. The van der Waals surface area contributed by atoms with E-state index >= 15 is 0 Å². The number of nitrogens with two attached hydrogens (primary N) is 1. The van der Waals surface area contributed by atoms with Gasteiger partial charge in [-0.05, 0) is 61.1 Å². The fourth-order valence-corrected chi connectivity index (χ4v) is 2.78. The van der Waals surface area contributed by atoms with Crippen molar-refractivity contribution >= 4 is 23.5 Å². The number of carbonyl (C=O) groups is 1. The molecule has 0 saturated heterocycles. The Morgan fingerprint density at radius 1 is 1.16 bits per heavy atom. The molecule has 0 fully saturated rings. The summed E-state index contributed by atoms with van der Waals surface area (Å²) in [7, 11) is 5.32. The SMILES string of the molecule is C=C(/C=C\C(=O)N(C)Cc1cccc(N=CN)c1)c1cc(F)c(OCCN(C)C)c(F)c1. The highest BCUT2D eigenvalue weighted by Gasteiger charge is 2.14. The van der Waals surface area contributed by atoms with Crippen molar-refractivity contribution in [2.24, 2.45) is 10.7 Å². The largest absolute Gasteiger partial charge is 0.486 e. The maximum atomic E-state index is 14.3. The zero-order valence-corrected chi connectivity index (χ0v) is 18.5. The van der Waals surface area contributed by atoms with Gasteiger partial charge in [-0.25, -0.2) is 13.8 Å². The van der Waals surface area contributed by atoms with Gasteiger partial charge in [0.25, 0.3) is 0 Å². The van der Waals surface area contributed by atoms with Crippen LogP contribution in [0.3, 0.4) is 0 Å². The second-order valence-electron chi connectivity index (χ2n) is 7.42. The molecule has 32 heavy (non-hydrogen) atoms. The van der Waals surface area contributed by atoms with Crippen molar-refractivity contribution in [3.05, 3.63) is 77.9 Å². The maximum absolute atomic E-state index is 14.3. The highest BCUT2D eigenvalue weighted by atomic mass is 19.1. The first-order chi connectivity index (χ1) is 15.2. The number of allylic oxidation sites excluding steroid dienone is 2. The molecular weight excluding hydrogens is 414 g/mol. The lowest BCUT2D eigenvalue weighted by atomic mass is 10.1. The molecular formula is C24H28F2N4O2. The summed E-state index contributed by atoms with van der Waals surface area (Å²) in [6, 6.07) is 9.59. The van der Waals surface area contributed by atoms with Crippen LogP contribution in [0.25, 0.3) is 5.57 Å². The molecule has 0 heterocycles. The number of benzene rings is 2. The zero-order valence-electron chi connectivity index (χ0n) is 18.5. The zero-order chi connectivity index (χ0) is 23.7. The lowest BCUT2D eigenvalue weighted by Gasteiger charge is -2.15. The molecule has 0 atom stereocenters. The van der Waals surface area contributed by atoms with Gasteiger partial charge < -0.3 is 20.3 Å². The number of rotatable bonds is 10. The average Bonchev–Trinajstić information content (AvgIpc) is 2.73. The number of amides is 1. The number of carbonyl (C=O) groups excluding carboxylic acids is 1. The van der Waals surface area contributed by atoms with Gasteiger partial charge in [-0.15, -0.1) is 0 Å². The Labute approximate surface area is 187 Å². The molecule has 2 aromatic carbocycles. The molecule has 0 saturated carbocycles. The monoisotopic (exact) mass is 442 g/mol. The lowest BCUT2D eigenvalue weighted by Crippen LogP contribution is -2.24. The summed E-state index contributed by atoms with van der Waals surface area (Å²) < 4.78 is 33.8. The van der Waals surface area contributed by atoms with E-state index in [-0.39, 0.29) is 18.1 Å². The van der Waals surface area contributed by atoms with E-state index in [2.05, 4.69) is 11.6 Å². The molecule has 0 aliphatic carbocycles. The number of aliphatic imine (C=N–C) groups is 1. The standard InChI is InChI=1S/C24H28F2N4O2/c1-17(19-13-21(25)24(22(26)14-19)32-11-10-29(2)3)8-9-23(31)30(4)15-18-6-5-7-20(12-18)28-16-27/h5-9,12-14,16H,1,10-11,15H2,2-4H3,(H2,27,28)/b9-8-. The van der Waals surface area contributed by atoms with Gasteiger partial charge in [-0.1, -0.05) is 18.7 Å². The molecule has 8 heteroatoms. The number of hydrogen-bond donors (Lipinski definition) is 1. The maximum Gasteiger partial charge on any atom is 0.246 e. The topological polar surface area (TPSA) is 71.2 Å². The summed E-state index contributed by atoms with van der Waals surface area (Å²) in [5.41, 5.74) is 7.39. The fraction of sp³-hybridized carbons (Fsp3) is 0.250. The first kappa shape index (κ1) is 24.7. The molecule has 0 spiro atoms. The van der Waals surface area contributed by atoms with E-state index < -0.39 is 17.4 Å². The Morgan fingerprint density at radius 3 is 2.47 bits per heavy atom. The van der Waals surface area contributed by atoms with Crippen molar-refractivity contribution < 1.29 is 18.3 Å². The van der Waals surface area contributed by atoms with E-state index in [1.54, 1.807) is 13.1 Å². The Hall–Kier alpha value is -3.52. The number of likely N-dealkylation sites (N-methyl/N-ethyl adjacent to an activating group) is 2. The minimum absolute atomic E-state index is 0.156. The Balaban J connectivity index is 2.02. The molecule has 6 nitrogen and oxygen atoms in total. The van der Waals surface area contributed by atoms with Crippen LogP contribution in [0.5, 0.6) is 5.75 Å². The second kappa shape index (κ2) is 11.8. The van der Waals surface area contributed by atoms with Gasteiger partial charge in [0.15, 0.2) is 17.4 Å². The average molecular weight is 443 g/mol. The Bertz CT molecular complexity index is 996. The van der Waals surface area contributed by atoms with Gasteiger partial charge in [-0.3, -0.25) is 4.79 Å². The number of hydrogen-bond acceptors (Lipinski definition) is 4. The third kappa shape index (κ3) is 7.31. The van der Waals surface area contributed by atoms with Crippen LogP contribution in [0.1, 0.15) is 11.1 Å². The summed E-state index contributed by atoms with van der Waals surface area (Å²) in [6.45, 7) is 4.84. The van der Waals surface area contributed by atoms with Gasteiger partial charge in [0.1, 0.15) is 6.61 Å². The van der Waals surface area contributed by atoms with Crippen molar-refractivity contribution in [2.75, 3.05) is 34.3 Å². The van der Waals surface area contributed by atoms with Crippen LogP contribution in [0.4, 0.5) is 14.5 Å². The molecule has 0 aliphatic rings. The third-order valence-corrected chi connectivity index (χ3v) is 4.51. The van der Waals surface area contributed by atoms with Crippen molar-refractivity contribution in [2.45, 2.75) is 6.54 Å². The summed E-state index contributed by atoms with van der Waals surface area (Å²) in [4.78, 5) is 19.8. The van der Waals surface area contributed by atoms with Gasteiger partial charge in [0, 0.05) is 26.2 Å². The van der Waals surface area contributed by atoms with Crippen LogP contribution in [0, 0.1) is 11.6 Å². The van der Waals surface area contributed by atoms with Crippen LogP contribution in [0.15, 0.2) is 60.1 Å². The van der Waals surface area contributed by atoms with Crippen LogP contribution in [-0.4, -0.2) is 56.3 Å². The van der Waals surface area contributed by atoms with Crippen molar-refractivity contribution in [3.8, 4) is 5.75 Å². The third-order valence-electron chi connectivity index (χ3n) is 4.51. The smallest absolute Gasteiger partial charge is 0.246 e. The number of nitrogens with zero attached hydrogens (tertiary/aromatic N) is 3.